The summed E-state index contributed by atoms with van der Waals surface area (Å²) in [6.07, 6.45) is 0.986. The van der Waals surface area contributed by atoms with Crippen LogP contribution in [-0.4, -0.2) is 24.5 Å². The number of benzene rings is 1. The maximum atomic E-state index is 12.8. The molecule has 1 aromatic carbocycles. The Balaban J connectivity index is 1.74. The highest BCUT2D eigenvalue weighted by Gasteiger charge is 2.19. The van der Waals surface area contributed by atoms with Gasteiger partial charge in [0.25, 0.3) is 5.91 Å². The molecular formula is C16H16FNO4. The van der Waals surface area contributed by atoms with E-state index in [1.807, 2.05) is 0 Å². The molecular weight excluding hydrogens is 289 g/mol. The smallest absolute Gasteiger partial charge is 0.374 e. The summed E-state index contributed by atoms with van der Waals surface area (Å²) in [5.41, 5.74) is 0.905. The molecule has 1 aromatic heterocycles. The van der Waals surface area contributed by atoms with Crippen LogP contribution in [0.4, 0.5) is 4.39 Å². The van der Waals surface area contributed by atoms with Crippen molar-refractivity contribution in [1.29, 1.82) is 0 Å². The number of rotatable bonds is 6. The van der Waals surface area contributed by atoms with Crippen molar-refractivity contribution in [2.45, 2.75) is 19.4 Å². The number of halogens is 1. The van der Waals surface area contributed by atoms with E-state index in [-0.39, 0.29) is 11.6 Å². The molecule has 0 radical (unpaired) electrons. The number of ether oxygens (including phenoxy) is 1. The highest BCUT2D eigenvalue weighted by molar-refractivity contribution is 5.89. The average molecular weight is 305 g/mol. The molecule has 0 aliphatic heterocycles. The molecule has 0 aliphatic rings. The van der Waals surface area contributed by atoms with Gasteiger partial charge >= 0.3 is 5.97 Å². The molecule has 0 saturated carbocycles. The minimum absolute atomic E-state index is 0.0472. The molecule has 0 fully saturated rings. The van der Waals surface area contributed by atoms with E-state index in [2.05, 4.69) is 5.32 Å². The molecule has 1 atom stereocenters. The van der Waals surface area contributed by atoms with Crippen LogP contribution in [-0.2, 0) is 16.0 Å². The first-order chi connectivity index (χ1) is 10.6. The summed E-state index contributed by atoms with van der Waals surface area (Å²) in [6, 6.07) is 9.06. The molecule has 6 heteroatoms. The molecule has 22 heavy (non-hydrogen) atoms. The second-order valence-electron chi connectivity index (χ2n) is 4.69. The zero-order chi connectivity index (χ0) is 15.9. The molecule has 1 heterocycles. The number of hydrogen-bond donors (Lipinski definition) is 1. The minimum Gasteiger partial charge on any atom is -0.457 e. The third-order valence-electron chi connectivity index (χ3n) is 3.00. The molecule has 2 aromatic rings. The number of furan rings is 1. The van der Waals surface area contributed by atoms with Crippen molar-refractivity contribution >= 4 is 11.9 Å². The Kier molecular flexibility index (Phi) is 5.30. The number of hydrogen-bond acceptors (Lipinski definition) is 4. The fourth-order valence-corrected chi connectivity index (χ4v) is 1.79. The molecule has 0 saturated heterocycles. The lowest BCUT2D eigenvalue weighted by Crippen LogP contribution is -2.36. The van der Waals surface area contributed by atoms with Crippen molar-refractivity contribution in [2.24, 2.45) is 0 Å². The summed E-state index contributed by atoms with van der Waals surface area (Å²) in [7, 11) is 0. The standard InChI is InChI=1S/C16H16FNO4/c1-11(22-16(20)14-3-2-10-21-14)15(19)18-9-8-12-4-6-13(17)7-5-12/h2-7,10-11H,8-9H2,1H3,(H,18,19)/t11-/m0/s1. The summed E-state index contributed by atoms with van der Waals surface area (Å²) >= 11 is 0. The van der Waals surface area contributed by atoms with Crippen molar-refractivity contribution in [3.63, 3.8) is 0 Å². The SMILES string of the molecule is C[C@H](OC(=O)c1ccco1)C(=O)NCCc1ccc(F)cc1. The van der Waals surface area contributed by atoms with E-state index < -0.39 is 18.0 Å². The van der Waals surface area contributed by atoms with Gasteiger partial charge in [0.1, 0.15) is 5.82 Å². The van der Waals surface area contributed by atoms with E-state index in [4.69, 9.17) is 9.15 Å². The van der Waals surface area contributed by atoms with Crippen LogP contribution in [0.5, 0.6) is 0 Å². The van der Waals surface area contributed by atoms with Crippen LogP contribution < -0.4 is 5.32 Å². The van der Waals surface area contributed by atoms with Crippen LogP contribution in [0.2, 0.25) is 0 Å². The Morgan fingerprint density at radius 1 is 1.27 bits per heavy atom. The first-order valence-corrected chi connectivity index (χ1v) is 6.83. The molecule has 0 bridgehead atoms. The van der Waals surface area contributed by atoms with Gasteiger partial charge in [0.05, 0.1) is 6.26 Å². The van der Waals surface area contributed by atoms with E-state index in [0.717, 1.165) is 5.56 Å². The van der Waals surface area contributed by atoms with Crippen LogP contribution in [0.3, 0.4) is 0 Å². The fraction of sp³-hybridized carbons (Fsp3) is 0.250. The molecule has 1 N–H and O–H groups in total. The molecule has 0 spiro atoms. The average Bonchev–Trinajstić information content (AvgIpc) is 3.03. The number of esters is 1. The van der Waals surface area contributed by atoms with Crippen LogP contribution in [0.25, 0.3) is 0 Å². The van der Waals surface area contributed by atoms with E-state index in [9.17, 15) is 14.0 Å². The van der Waals surface area contributed by atoms with Crippen LogP contribution in [0.1, 0.15) is 23.0 Å². The number of carbonyl (C=O) groups excluding carboxylic acids is 2. The van der Waals surface area contributed by atoms with E-state index in [1.165, 1.54) is 31.4 Å². The summed E-state index contributed by atoms with van der Waals surface area (Å²) < 4.78 is 22.6. The fourth-order valence-electron chi connectivity index (χ4n) is 1.79. The van der Waals surface area contributed by atoms with E-state index in [0.29, 0.717) is 13.0 Å². The van der Waals surface area contributed by atoms with Crippen molar-refractivity contribution in [3.8, 4) is 0 Å². The summed E-state index contributed by atoms with van der Waals surface area (Å²) in [5, 5.41) is 2.66. The predicted octanol–water partition coefficient (Wildman–Crippen LogP) is 2.32. The zero-order valence-corrected chi connectivity index (χ0v) is 12.0. The predicted molar refractivity (Wildman–Crippen MR) is 76.7 cm³/mol. The van der Waals surface area contributed by atoms with Crippen molar-refractivity contribution in [3.05, 3.63) is 59.8 Å². The Bertz CT molecular complexity index is 622. The maximum Gasteiger partial charge on any atom is 0.374 e. The largest absolute Gasteiger partial charge is 0.457 e. The quantitative estimate of drug-likeness (QED) is 0.832. The Hall–Kier alpha value is -2.63. The van der Waals surface area contributed by atoms with Crippen molar-refractivity contribution < 1.29 is 23.1 Å². The Labute approximate surface area is 127 Å². The lowest BCUT2D eigenvalue weighted by molar-refractivity contribution is -0.129. The highest BCUT2D eigenvalue weighted by atomic mass is 19.1. The van der Waals surface area contributed by atoms with E-state index >= 15 is 0 Å². The van der Waals surface area contributed by atoms with Gasteiger partial charge in [0.2, 0.25) is 5.76 Å². The van der Waals surface area contributed by atoms with Crippen LogP contribution in [0, 0.1) is 5.82 Å². The summed E-state index contributed by atoms with van der Waals surface area (Å²) in [4.78, 5) is 23.4. The number of amides is 1. The maximum absolute atomic E-state index is 12.8. The first-order valence-electron chi connectivity index (χ1n) is 6.83. The van der Waals surface area contributed by atoms with Gasteiger partial charge in [-0.3, -0.25) is 4.79 Å². The van der Waals surface area contributed by atoms with Crippen LogP contribution >= 0.6 is 0 Å². The number of nitrogens with one attached hydrogen (secondary N) is 1. The van der Waals surface area contributed by atoms with Gasteiger partial charge in [-0.2, -0.15) is 0 Å². The lowest BCUT2D eigenvalue weighted by atomic mass is 10.1. The number of carbonyl (C=O) groups is 2. The third-order valence-corrected chi connectivity index (χ3v) is 3.00. The van der Waals surface area contributed by atoms with Gasteiger partial charge in [-0.05, 0) is 43.2 Å². The summed E-state index contributed by atoms with van der Waals surface area (Å²) in [6.45, 7) is 1.85. The van der Waals surface area contributed by atoms with Gasteiger partial charge in [-0.15, -0.1) is 0 Å². The van der Waals surface area contributed by atoms with Crippen LogP contribution in [0.15, 0.2) is 47.1 Å². The van der Waals surface area contributed by atoms with Crippen molar-refractivity contribution in [1.82, 2.24) is 5.32 Å². The molecule has 0 unspecified atom stereocenters. The van der Waals surface area contributed by atoms with Gasteiger partial charge in [0, 0.05) is 6.54 Å². The van der Waals surface area contributed by atoms with E-state index in [1.54, 1.807) is 18.2 Å². The minimum atomic E-state index is -0.925. The molecule has 116 valence electrons. The Morgan fingerprint density at radius 2 is 2.00 bits per heavy atom. The van der Waals surface area contributed by atoms with Gasteiger partial charge in [-0.1, -0.05) is 12.1 Å². The second-order valence-corrected chi connectivity index (χ2v) is 4.69. The van der Waals surface area contributed by atoms with Gasteiger partial charge in [0.15, 0.2) is 6.10 Å². The molecule has 2 rings (SSSR count). The molecule has 1 amide bonds. The topological polar surface area (TPSA) is 68.5 Å². The lowest BCUT2D eigenvalue weighted by Gasteiger charge is -2.12. The second kappa shape index (κ2) is 7.40. The molecule has 5 nitrogen and oxygen atoms in total. The zero-order valence-electron chi connectivity index (χ0n) is 12.0. The molecule has 0 aliphatic carbocycles. The normalized spacial score (nSPS) is 11.7. The monoisotopic (exact) mass is 305 g/mol. The Morgan fingerprint density at radius 3 is 2.64 bits per heavy atom. The summed E-state index contributed by atoms with van der Waals surface area (Å²) in [5.74, 6) is -1.34. The highest BCUT2D eigenvalue weighted by Crippen LogP contribution is 2.05. The van der Waals surface area contributed by atoms with Gasteiger partial charge in [-0.25, -0.2) is 9.18 Å². The first kappa shape index (κ1) is 15.8. The van der Waals surface area contributed by atoms with Crippen molar-refractivity contribution in [2.75, 3.05) is 6.54 Å². The third kappa shape index (κ3) is 4.44. The van der Waals surface area contributed by atoms with Gasteiger partial charge < -0.3 is 14.5 Å².